The van der Waals surface area contributed by atoms with E-state index in [2.05, 4.69) is 4.98 Å². The zero-order chi connectivity index (χ0) is 15.2. The van der Waals surface area contributed by atoms with Crippen molar-refractivity contribution in [3.05, 3.63) is 59.7 Å². The van der Waals surface area contributed by atoms with Crippen LogP contribution < -0.4 is 10.6 Å². The van der Waals surface area contributed by atoms with Gasteiger partial charge in [0.15, 0.2) is 0 Å². The monoisotopic (exact) mass is 287 g/mol. The number of carbonyl (C=O) groups excluding carboxylic acids is 1. The molecule has 0 radical (unpaired) electrons. The van der Waals surface area contributed by atoms with E-state index >= 15 is 0 Å². The van der Waals surface area contributed by atoms with E-state index in [1.807, 2.05) is 31.2 Å². The number of aromatic nitrogens is 1. The molecule has 4 nitrogen and oxygen atoms in total. The molecule has 110 valence electrons. The van der Waals surface area contributed by atoms with E-state index < -0.39 is 5.82 Å². The molecule has 0 atom stereocenters. The Morgan fingerprint density at radius 1 is 1.33 bits per heavy atom. The fourth-order valence-corrected chi connectivity index (χ4v) is 2.08. The molecular weight excluding hydrogens is 269 g/mol. The Kier molecular flexibility index (Phi) is 5.00. The largest absolute Gasteiger partial charge is 0.330 e. The van der Waals surface area contributed by atoms with Crippen LogP contribution in [0.2, 0.25) is 0 Å². The third-order valence-corrected chi connectivity index (χ3v) is 3.10. The SMILES string of the molecule is Cc1cccc(N(CCCN)C(=O)c2cncc(F)c2)c1. The van der Waals surface area contributed by atoms with Crippen LogP contribution in [0.25, 0.3) is 0 Å². The summed E-state index contributed by atoms with van der Waals surface area (Å²) in [4.78, 5) is 17.9. The van der Waals surface area contributed by atoms with Gasteiger partial charge in [-0.2, -0.15) is 0 Å². The van der Waals surface area contributed by atoms with Crippen LogP contribution in [0.15, 0.2) is 42.7 Å². The van der Waals surface area contributed by atoms with Gasteiger partial charge in [0.25, 0.3) is 5.91 Å². The number of hydrogen-bond donors (Lipinski definition) is 1. The van der Waals surface area contributed by atoms with Crippen molar-refractivity contribution in [3.8, 4) is 0 Å². The van der Waals surface area contributed by atoms with Gasteiger partial charge in [0.05, 0.1) is 11.8 Å². The lowest BCUT2D eigenvalue weighted by Crippen LogP contribution is -2.33. The summed E-state index contributed by atoms with van der Waals surface area (Å²) in [5.41, 5.74) is 7.59. The van der Waals surface area contributed by atoms with E-state index in [1.165, 1.54) is 12.3 Å². The number of hydrogen-bond acceptors (Lipinski definition) is 3. The van der Waals surface area contributed by atoms with Gasteiger partial charge in [-0.15, -0.1) is 0 Å². The van der Waals surface area contributed by atoms with Crippen LogP contribution in [-0.4, -0.2) is 24.0 Å². The Labute approximate surface area is 123 Å². The highest BCUT2D eigenvalue weighted by molar-refractivity contribution is 6.05. The lowest BCUT2D eigenvalue weighted by Gasteiger charge is -2.23. The third kappa shape index (κ3) is 3.86. The van der Waals surface area contributed by atoms with Gasteiger partial charge in [-0.05, 0) is 43.7 Å². The fourth-order valence-electron chi connectivity index (χ4n) is 2.08. The summed E-state index contributed by atoms with van der Waals surface area (Å²) < 4.78 is 13.3. The Morgan fingerprint density at radius 3 is 2.81 bits per heavy atom. The van der Waals surface area contributed by atoms with Crippen LogP contribution in [-0.2, 0) is 0 Å². The van der Waals surface area contributed by atoms with Crippen molar-refractivity contribution < 1.29 is 9.18 Å². The predicted octanol–water partition coefficient (Wildman–Crippen LogP) is 2.52. The van der Waals surface area contributed by atoms with Crippen molar-refractivity contribution in [2.45, 2.75) is 13.3 Å². The lowest BCUT2D eigenvalue weighted by molar-refractivity contribution is 0.0986. The lowest BCUT2D eigenvalue weighted by atomic mass is 10.1. The number of nitrogens with two attached hydrogens (primary N) is 1. The van der Waals surface area contributed by atoms with E-state index in [-0.39, 0.29) is 11.5 Å². The highest BCUT2D eigenvalue weighted by Crippen LogP contribution is 2.19. The molecule has 0 aliphatic rings. The van der Waals surface area contributed by atoms with E-state index in [9.17, 15) is 9.18 Å². The topological polar surface area (TPSA) is 59.2 Å². The molecule has 0 saturated carbocycles. The van der Waals surface area contributed by atoms with Crippen LogP contribution in [0.5, 0.6) is 0 Å². The third-order valence-electron chi connectivity index (χ3n) is 3.10. The molecule has 2 N–H and O–H groups in total. The maximum Gasteiger partial charge on any atom is 0.259 e. The van der Waals surface area contributed by atoms with Crippen molar-refractivity contribution in [2.75, 3.05) is 18.0 Å². The van der Waals surface area contributed by atoms with Crippen molar-refractivity contribution >= 4 is 11.6 Å². The minimum atomic E-state index is -0.524. The molecule has 0 spiro atoms. The first-order chi connectivity index (χ1) is 10.1. The molecule has 0 bridgehead atoms. The van der Waals surface area contributed by atoms with Crippen molar-refractivity contribution in [3.63, 3.8) is 0 Å². The van der Waals surface area contributed by atoms with Crippen molar-refractivity contribution in [1.29, 1.82) is 0 Å². The molecule has 2 rings (SSSR count). The summed E-state index contributed by atoms with van der Waals surface area (Å²) in [6, 6.07) is 8.81. The maximum absolute atomic E-state index is 13.3. The molecule has 0 aliphatic carbocycles. The molecule has 5 heteroatoms. The van der Waals surface area contributed by atoms with Gasteiger partial charge in [0, 0.05) is 18.4 Å². The van der Waals surface area contributed by atoms with Gasteiger partial charge >= 0.3 is 0 Å². The average Bonchev–Trinajstić information content (AvgIpc) is 2.47. The van der Waals surface area contributed by atoms with E-state index in [0.29, 0.717) is 19.5 Å². The van der Waals surface area contributed by atoms with Gasteiger partial charge in [0.1, 0.15) is 5.82 Å². The molecule has 2 aromatic rings. The van der Waals surface area contributed by atoms with Crippen molar-refractivity contribution in [1.82, 2.24) is 4.98 Å². The Balaban J connectivity index is 2.33. The smallest absolute Gasteiger partial charge is 0.259 e. The highest BCUT2D eigenvalue weighted by Gasteiger charge is 2.18. The maximum atomic E-state index is 13.3. The second-order valence-electron chi connectivity index (χ2n) is 4.83. The van der Waals surface area contributed by atoms with Crippen LogP contribution in [0.3, 0.4) is 0 Å². The molecule has 0 fully saturated rings. The van der Waals surface area contributed by atoms with Gasteiger partial charge in [0.2, 0.25) is 0 Å². The zero-order valence-electron chi connectivity index (χ0n) is 11.9. The number of benzene rings is 1. The van der Waals surface area contributed by atoms with Crippen LogP contribution >= 0.6 is 0 Å². The Bertz CT molecular complexity index is 630. The average molecular weight is 287 g/mol. The minimum Gasteiger partial charge on any atom is -0.330 e. The second-order valence-corrected chi connectivity index (χ2v) is 4.83. The fraction of sp³-hybridized carbons (Fsp3) is 0.250. The first-order valence-corrected chi connectivity index (χ1v) is 6.81. The first-order valence-electron chi connectivity index (χ1n) is 6.81. The number of rotatable bonds is 5. The number of halogens is 1. The first kappa shape index (κ1) is 15.1. The zero-order valence-corrected chi connectivity index (χ0v) is 11.9. The molecule has 1 amide bonds. The number of amides is 1. The van der Waals surface area contributed by atoms with E-state index in [1.54, 1.807) is 4.90 Å². The Morgan fingerprint density at radius 2 is 2.14 bits per heavy atom. The Hall–Kier alpha value is -2.27. The molecule has 0 unspecified atom stereocenters. The molecule has 1 aromatic carbocycles. The summed E-state index contributed by atoms with van der Waals surface area (Å²) in [7, 11) is 0. The summed E-state index contributed by atoms with van der Waals surface area (Å²) in [6.07, 6.45) is 3.12. The summed E-state index contributed by atoms with van der Waals surface area (Å²) in [6.45, 7) is 2.92. The standard InChI is InChI=1S/C16H18FN3O/c1-12-4-2-5-15(8-12)20(7-3-6-18)16(21)13-9-14(17)11-19-10-13/h2,4-5,8-11H,3,6-7,18H2,1H3. The summed E-state index contributed by atoms with van der Waals surface area (Å²) >= 11 is 0. The van der Waals surface area contributed by atoms with Crippen LogP contribution in [0.4, 0.5) is 10.1 Å². The normalized spacial score (nSPS) is 10.4. The predicted molar refractivity (Wildman–Crippen MR) is 80.7 cm³/mol. The number of anilines is 1. The molecule has 1 aromatic heterocycles. The molecule has 21 heavy (non-hydrogen) atoms. The van der Waals surface area contributed by atoms with Crippen LogP contribution in [0.1, 0.15) is 22.3 Å². The van der Waals surface area contributed by atoms with Crippen LogP contribution in [0, 0.1) is 12.7 Å². The van der Waals surface area contributed by atoms with Crippen molar-refractivity contribution in [2.24, 2.45) is 5.73 Å². The number of pyridine rings is 1. The second kappa shape index (κ2) is 6.95. The van der Waals surface area contributed by atoms with Gasteiger partial charge in [-0.3, -0.25) is 9.78 Å². The molecule has 1 heterocycles. The number of aryl methyl sites for hydroxylation is 1. The highest BCUT2D eigenvalue weighted by atomic mass is 19.1. The number of carbonyl (C=O) groups is 1. The number of nitrogens with zero attached hydrogens (tertiary/aromatic N) is 2. The minimum absolute atomic E-state index is 0.230. The summed E-state index contributed by atoms with van der Waals surface area (Å²) in [5.74, 6) is -0.801. The molecule has 0 saturated heterocycles. The quantitative estimate of drug-likeness (QED) is 0.919. The van der Waals surface area contributed by atoms with E-state index in [4.69, 9.17) is 5.73 Å². The van der Waals surface area contributed by atoms with Gasteiger partial charge in [-0.1, -0.05) is 12.1 Å². The summed E-state index contributed by atoms with van der Waals surface area (Å²) in [5, 5.41) is 0. The van der Waals surface area contributed by atoms with Gasteiger partial charge < -0.3 is 10.6 Å². The molecule has 0 aliphatic heterocycles. The van der Waals surface area contributed by atoms with Gasteiger partial charge in [-0.25, -0.2) is 4.39 Å². The molecular formula is C16H18FN3O. The van der Waals surface area contributed by atoms with E-state index in [0.717, 1.165) is 17.4 Å².